The van der Waals surface area contributed by atoms with Gasteiger partial charge in [0.05, 0.1) is 5.69 Å². The Bertz CT molecular complexity index is 661. The Morgan fingerprint density at radius 3 is 2.55 bits per heavy atom. The van der Waals surface area contributed by atoms with Gasteiger partial charge in [0.25, 0.3) is 5.56 Å². The zero-order chi connectivity index (χ0) is 14.5. The lowest BCUT2D eigenvalue weighted by Crippen LogP contribution is -2.15. The second kappa shape index (κ2) is 6.10. The SMILES string of the molecule is CC(C)Cc1nc(N)c(N=Nc2ccccc2)c(=O)[nH]1. The first-order valence-electron chi connectivity index (χ1n) is 6.41. The van der Waals surface area contributed by atoms with Crippen molar-refractivity contribution in [2.75, 3.05) is 5.73 Å². The summed E-state index contributed by atoms with van der Waals surface area (Å²) in [5.74, 6) is 1.06. The molecule has 0 atom stereocenters. The van der Waals surface area contributed by atoms with Crippen LogP contribution in [0.25, 0.3) is 0 Å². The van der Waals surface area contributed by atoms with Gasteiger partial charge < -0.3 is 10.7 Å². The minimum atomic E-state index is -0.368. The van der Waals surface area contributed by atoms with Crippen LogP contribution in [0.3, 0.4) is 0 Å². The number of hydrogen-bond acceptors (Lipinski definition) is 5. The third-order valence-electron chi connectivity index (χ3n) is 2.59. The van der Waals surface area contributed by atoms with Gasteiger partial charge in [-0.15, -0.1) is 5.11 Å². The number of rotatable bonds is 4. The van der Waals surface area contributed by atoms with E-state index >= 15 is 0 Å². The molecule has 20 heavy (non-hydrogen) atoms. The second-order valence-corrected chi connectivity index (χ2v) is 4.88. The molecule has 3 N–H and O–H groups in total. The summed E-state index contributed by atoms with van der Waals surface area (Å²) in [6, 6.07) is 9.13. The van der Waals surface area contributed by atoms with E-state index in [9.17, 15) is 4.79 Å². The smallest absolute Gasteiger partial charge is 0.280 e. The van der Waals surface area contributed by atoms with Gasteiger partial charge in [-0.25, -0.2) is 4.98 Å². The molecule has 6 heteroatoms. The standard InChI is InChI=1S/C14H17N5O/c1-9(2)8-11-16-13(15)12(14(20)17-11)19-18-10-6-4-3-5-7-10/h3-7,9H,8H2,1-2H3,(H3,15,16,17,20). The molecular formula is C14H17N5O. The predicted octanol–water partition coefficient (Wildman–Crippen LogP) is 2.97. The first-order chi connectivity index (χ1) is 9.56. The largest absolute Gasteiger partial charge is 0.382 e. The number of anilines is 1. The highest BCUT2D eigenvalue weighted by atomic mass is 16.1. The van der Waals surface area contributed by atoms with Crippen molar-refractivity contribution in [3.8, 4) is 0 Å². The van der Waals surface area contributed by atoms with Crippen LogP contribution in [0.4, 0.5) is 17.2 Å². The lowest BCUT2D eigenvalue weighted by Gasteiger charge is -2.05. The van der Waals surface area contributed by atoms with E-state index in [1.54, 1.807) is 12.1 Å². The number of nitrogens with one attached hydrogen (secondary N) is 1. The lowest BCUT2D eigenvalue weighted by molar-refractivity contribution is 0.619. The van der Waals surface area contributed by atoms with Gasteiger partial charge in [0.15, 0.2) is 11.5 Å². The Morgan fingerprint density at radius 2 is 1.95 bits per heavy atom. The van der Waals surface area contributed by atoms with Crippen LogP contribution in [0.5, 0.6) is 0 Å². The van der Waals surface area contributed by atoms with Crippen LogP contribution >= 0.6 is 0 Å². The topological polar surface area (TPSA) is 96.5 Å². The van der Waals surface area contributed by atoms with E-state index < -0.39 is 0 Å². The van der Waals surface area contributed by atoms with E-state index in [1.807, 2.05) is 32.0 Å². The molecule has 0 amide bonds. The van der Waals surface area contributed by atoms with Crippen LogP contribution in [-0.4, -0.2) is 9.97 Å². The Hall–Kier alpha value is -2.50. The molecule has 0 saturated carbocycles. The highest BCUT2D eigenvalue weighted by Crippen LogP contribution is 2.18. The minimum Gasteiger partial charge on any atom is -0.382 e. The van der Waals surface area contributed by atoms with Gasteiger partial charge in [0.1, 0.15) is 5.82 Å². The summed E-state index contributed by atoms with van der Waals surface area (Å²) in [5.41, 5.74) is 6.10. The number of nitrogens with two attached hydrogens (primary N) is 1. The van der Waals surface area contributed by atoms with Crippen molar-refractivity contribution in [2.45, 2.75) is 20.3 Å². The third-order valence-corrected chi connectivity index (χ3v) is 2.59. The van der Waals surface area contributed by atoms with Gasteiger partial charge in [-0.2, -0.15) is 5.11 Å². The maximum absolute atomic E-state index is 11.9. The highest BCUT2D eigenvalue weighted by molar-refractivity contribution is 5.55. The number of hydrogen-bond donors (Lipinski definition) is 2. The summed E-state index contributed by atoms with van der Waals surface area (Å²) < 4.78 is 0. The number of nitrogen functional groups attached to an aromatic ring is 1. The van der Waals surface area contributed by atoms with Gasteiger partial charge >= 0.3 is 0 Å². The zero-order valence-electron chi connectivity index (χ0n) is 11.5. The van der Waals surface area contributed by atoms with Crippen molar-refractivity contribution in [1.82, 2.24) is 9.97 Å². The van der Waals surface area contributed by atoms with Crippen molar-refractivity contribution < 1.29 is 0 Å². The average Bonchev–Trinajstić information content (AvgIpc) is 2.38. The lowest BCUT2D eigenvalue weighted by atomic mass is 10.1. The van der Waals surface area contributed by atoms with Crippen molar-refractivity contribution in [1.29, 1.82) is 0 Å². The molecule has 0 saturated heterocycles. The summed E-state index contributed by atoms with van der Waals surface area (Å²) >= 11 is 0. The van der Waals surface area contributed by atoms with E-state index in [-0.39, 0.29) is 17.1 Å². The number of nitrogens with zero attached hydrogens (tertiary/aromatic N) is 3. The minimum absolute atomic E-state index is 0.0429. The summed E-state index contributed by atoms with van der Waals surface area (Å²) in [4.78, 5) is 18.8. The van der Waals surface area contributed by atoms with Gasteiger partial charge in [0.2, 0.25) is 0 Å². The number of H-pyrrole nitrogens is 1. The van der Waals surface area contributed by atoms with Gasteiger partial charge in [0, 0.05) is 6.42 Å². The average molecular weight is 271 g/mol. The number of aromatic amines is 1. The van der Waals surface area contributed by atoms with Crippen LogP contribution in [0.2, 0.25) is 0 Å². The molecule has 2 aromatic rings. The molecular weight excluding hydrogens is 254 g/mol. The van der Waals surface area contributed by atoms with Crippen LogP contribution in [0.1, 0.15) is 19.7 Å². The Labute approximate surface area is 116 Å². The van der Waals surface area contributed by atoms with Gasteiger partial charge in [-0.3, -0.25) is 4.79 Å². The van der Waals surface area contributed by atoms with Crippen molar-refractivity contribution in [3.05, 3.63) is 46.5 Å². The molecule has 104 valence electrons. The molecule has 1 aromatic carbocycles. The number of azo groups is 1. The number of benzene rings is 1. The molecule has 1 aromatic heterocycles. The molecule has 0 fully saturated rings. The van der Waals surface area contributed by atoms with E-state index in [0.717, 1.165) is 0 Å². The Kier molecular flexibility index (Phi) is 4.24. The molecule has 0 radical (unpaired) electrons. The van der Waals surface area contributed by atoms with E-state index in [2.05, 4.69) is 20.2 Å². The van der Waals surface area contributed by atoms with E-state index in [0.29, 0.717) is 23.9 Å². The van der Waals surface area contributed by atoms with Crippen molar-refractivity contribution in [3.63, 3.8) is 0 Å². The molecule has 0 aliphatic heterocycles. The van der Waals surface area contributed by atoms with Crippen LogP contribution in [-0.2, 0) is 6.42 Å². The fourth-order valence-corrected chi connectivity index (χ4v) is 1.72. The molecule has 0 bridgehead atoms. The quantitative estimate of drug-likeness (QED) is 0.836. The Balaban J connectivity index is 2.29. The Morgan fingerprint density at radius 1 is 1.25 bits per heavy atom. The number of aromatic nitrogens is 2. The summed E-state index contributed by atoms with van der Waals surface area (Å²) in [6.07, 6.45) is 0.662. The van der Waals surface area contributed by atoms with Crippen LogP contribution in [0, 0.1) is 5.92 Å². The van der Waals surface area contributed by atoms with Crippen LogP contribution in [0.15, 0.2) is 45.4 Å². The molecule has 2 rings (SSSR count). The first kappa shape index (κ1) is 13.9. The summed E-state index contributed by atoms with van der Waals surface area (Å²) in [6.45, 7) is 4.08. The van der Waals surface area contributed by atoms with E-state index in [1.165, 1.54) is 0 Å². The van der Waals surface area contributed by atoms with E-state index in [4.69, 9.17) is 5.73 Å². The summed E-state index contributed by atoms with van der Waals surface area (Å²) in [5, 5.41) is 7.86. The molecule has 6 nitrogen and oxygen atoms in total. The maximum Gasteiger partial charge on any atom is 0.280 e. The zero-order valence-corrected chi connectivity index (χ0v) is 11.5. The van der Waals surface area contributed by atoms with Crippen LogP contribution < -0.4 is 11.3 Å². The highest BCUT2D eigenvalue weighted by Gasteiger charge is 2.09. The fraction of sp³-hybridized carbons (Fsp3) is 0.286. The third kappa shape index (κ3) is 3.50. The monoisotopic (exact) mass is 271 g/mol. The molecule has 0 aliphatic rings. The summed E-state index contributed by atoms with van der Waals surface area (Å²) in [7, 11) is 0. The first-order valence-corrected chi connectivity index (χ1v) is 6.41. The normalized spacial score (nSPS) is 11.3. The van der Waals surface area contributed by atoms with Gasteiger partial charge in [-0.1, -0.05) is 32.0 Å². The molecule has 0 spiro atoms. The molecule has 0 aliphatic carbocycles. The predicted molar refractivity (Wildman–Crippen MR) is 78.4 cm³/mol. The van der Waals surface area contributed by atoms with Gasteiger partial charge in [-0.05, 0) is 18.1 Å². The fourth-order valence-electron chi connectivity index (χ4n) is 1.72. The second-order valence-electron chi connectivity index (χ2n) is 4.88. The van der Waals surface area contributed by atoms with Crippen molar-refractivity contribution in [2.24, 2.45) is 16.1 Å². The molecule has 0 unspecified atom stereocenters. The van der Waals surface area contributed by atoms with Crippen molar-refractivity contribution >= 4 is 17.2 Å². The molecule has 1 heterocycles. The maximum atomic E-state index is 11.9.